The van der Waals surface area contributed by atoms with Crippen LogP contribution in [-0.2, 0) is 0 Å². The van der Waals surface area contributed by atoms with Crippen molar-refractivity contribution < 1.29 is 23.7 Å². The summed E-state index contributed by atoms with van der Waals surface area (Å²) in [5.41, 5.74) is 40.1. The largest absolute Gasteiger partial charge is 0.492 e. The zero-order valence-electron chi connectivity index (χ0n) is 38.9. The van der Waals surface area contributed by atoms with Gasteiger partial charge in [-0.3, -0.25) is 0 Å². The Morgan fingerprint density at radius 1 is 0.229 bits per heavy atom. The molecular weight excluding hydrogens is 871 g/mol. The molecule has 0 aromatic heterocycles. The number of nitrogens with two attached hydrogens (primary N) is 5. The van der Waals surface area contributed by atoms with E-state index in [0.29, 0.717) is 65.8 Å². The van der Waals surface area contributed by atoms with Crippen molar-refractivity contribution in [3.63, 3.8) is 0 Å². The van der Waals surface area contributed by atoms with E-state index in [0.717, 1.165) is 111 Å². The molecule has 0 bridgehead atoms. The minimum atomic E-state index is 0.436. The molecular formula is C60H55N5O5. The fraction of sp³-hybridized carbons (Fsp3) is 0.167. The van der Waals surface area contributed by atoms with Gasteiger partial charge in [-0.15, -0.1) is 0 Å². The topological polar surface area (TPSA) is 176 Å². The first-order valence-electron chi connectivity index (χ1n) is 24.0. The highest BCUT2D eigenvalue weighted by Crippen LogP contribution is 2.57. The van der Waals surface area contributed by atoms with Crippen LogP contribution in [0.25, 0.3) is 109 Å². The molecule has 0 aliphatic heterocycles. The van der Waals surface area contributed by atoms with Crippen molar-refractivity contribution in [3.8, 4) is 84.4 Å². The second-order valence-electron chi connectivity index (χ2n) is 17.5. The van der Waals surface area contributed by atoms with Gasteiger partial charge >= 0.3 is 0 Å². The Labute approximate surface area is 406 Å². The number of hydrogen-bond donors (Lipinski definition) is 5. The van der Waals surface area contributed by atoms with Crippen LogP contribution < -0.4 is 52.4 Å². The van der Waals surface area contributed by atoms with Crippen LogP contribution in [-0.4, -0.2) is 65.8 Å². The lowest BCUT2D eigenvalue weighted by molar-refractivity contribution is 0.328. The predicted molar refractivity (Wildman–Crippen MR) is 287 cm³/mol. The van der Waals surface area contributed by atoms with Gasteiger partial charge in [0.2, 0.25) is 0 Å². The lowest BCUT2D eigenvalue weighted by Gasteiger charge is -2.18. The van der Waals surface area contributed by atoms with Crippen molar-refractivity contribution >= 4 is 53.9 Å². The summed E-state index contributed by atoms with van der Waals surface area (Å²) in [6, 6.07) is 54.0. The molecule has 0 amide bonds. The lowest BCUT2D eigenvalue weighted by Crippen LogP contribution is -2.10. The Hall–Kier alpha value is -7.70. The van der Waals surface area contributed by atoms with E-state index >= 15 is 0 Å². The molecule has 10 N–H and O–H groups in total. The summed E-state index contributed by atoms with van der Waals surface area (Å²) >= 11 is 0. The zero-order valence-corrected chi connectivity index (χ0v) is 38.9. The van der Waals surface area contributed by atoms with Crippen LogP contribution in [0.15, 0.2) is 152 Å². The number of hydrogen-bond acceptors (Lipinski definition) is 10. The van der Waals surface area contributed by atoms with Gasteiger partial charge in [0.15, 0.2) is 0 Å². The summed E-state index contributed by atoms with van der Waals surface area (Å²) in [5.74, 6) is 3.88. The maximum Gasteiger partial charge on any atom is 0.119 e. The maximum atomic E-state index is 5.98. The Balaban J connectivity index is 1.28. The predicted octanol–water partition coefficient (Wildman–Crippen LogP) is 10.8. The van der Waals surface area contributed by atoms with E-state index in [2.05, 4.69) is 91.0 Å². The van der Waals surface area contributed by atoms with Gasteiger partial charge in [0.05, 0.1) is 0 Å². The van der Waals surface area contributed by atoms with E-state index in [4.69, 9.17) is 52.4 Å². The number of rotatable bonds is 20. The Bertz CT molecular complexity index is 2970. The summed E-state index contributed by atoms with van der Waals surface area (Å²) in [7, 11) is 0. The van der Waals surface area contributed by atoms with E-state index in [-0.39, 0.29) is 0 Å². The van der Waals surface area contributed by atoms with E-state index in [9.17, 15) is 0 Å². The minimum absolute atomic E-state index is 0.436. The molecule has 0 saturated heterocycles. The van der Waals surface area contributed by atoms with Crippen LogP contribution in [0.3, 0.4) is 0 Å². The van der Waals surface area contributed by atoms with Crippen LogP contribution in [0.1, 0.15) is 0 Å². The standard InChI is InChI=1S/C60H55N5O5/c61-21-26-66-41-11-1-36(2-12-41)46-31-52-48(38-5-15-43(16-6-38)68-28-23-63)33-54-50(40-9-19-45(20-10-40)70-30-25-65)35-55-49(39-7-17-44(18-8-39)69-29-24-64)34-53-47(37-3-13-42(14-4-37)67-27-22-62)32-51(46)56-57(52)59(54)60(55)58(53)56/h1-20,31-35H,21-30,61-65H2. The minimum Gasteiger partial charge on any atom is -0.492 e. The summed E-state index contributed by atoms with van der Waals surface area (Å²) < 4.78 is 29.9. The Kier molecular flexibility index (Phi) is 12.4. The van der Waals surface area contributed by atoms with Crippen molar-refractivity contribution in [2.24, 2.45) is 28.7 Å². The SMILES string of the molecule is NCCOc1ccc(-c2cc3c(-c4ccc(OCCN)cc4)cc4c(-c5ccc(OCCN)cc5)cc5c(-c6ccc(OCCN)cc6)cc6c(-c7ccc(OCCN)cc7)cc2c2c6c5c4c32)cc1. The molecule has 11 aromatic carbocycles. The van der Waals surface area contributed by atoms with E-state index < -0.39 is 0 Å². The van der Waals surface area contributed by atoms with Gasteiger partial charge in [0.1, 0.15) is 61.8 Å². The van der Waals surface area contributed by atoms with Gasteiger partial charge in [-0.05, 0) is 200 Å². The molecule has 0 heterocycles. The molecule has 0 aliphatic carbocycles. The van der Waals surface area contributed by atoms with Crippen molar-refractivity contribution in [1.29, 1.82) is 0 Å². The molecule has 0 atom stereocenters. The third kappa shape index (κ3) is 8.05. The summed E-state index contributed by atoms with van der Waals surface area (Å²) in [6.45, 7) is 4.38. The highest BCUT2D eigenvalue weighted by Gasteiger charge is 2.29. The van der Waals surface area contributed by atoms with Gasteiger partial charge < -0.3 is 52.4 Å². The molecule has 0 saturated carbocycles. The monoisotopic (exact) mass is 925 g/mol. The molecule has 0 unspecified atom stereocenters. The molecule has 0 fully saturated rings. The van der Waals surface area contributed by atoms with Gasteiger partial charge in [0.25, 0.3) is 0 Å². The molecule has 0 spiro atoms. The second-order valence-corrected chi connectivity index (χ2v) is 17.5. The fourth-order valence-electron chi connectivity index (χ4n) is 10.2. The normalized spacial score (nSPS) is 11.8. The number of ether oxygens (including phenoxy) is 5. The zero-order chi connectivity index (χ0) is 47.7. The lowest BCUT2D eigenvalue weighted by atomic mass is 9.86. The van der Waals surface area contributed by atoms with E-state index in [1.54, 1.807) is 0 Å². The van der Waals surface area contributed by atoms with Crippen LogP contribution in [0, 0.1) is 0 Å². The fourth-order valence-corrected chi connectivity index (χ4v) is 10.2. The molecule has 11 aromatic rings. The molecule has 10 nitrogen and oxygen atoms in total. The average Bonchev–Trinajstić information content (AvgIpc) is 3.78. The highest BCUT2D eigenvalue weighted by molar-refractivity contribution is 6.49. The molecule has 0 radical (unpaired) electrons. The third-order valence-electron chi connectivity index (χ3n) is 13.3. The Morgan fingerprint density at radius 3 is 0.529 bits per heavy atom. The van der Waals surface area contributed by atoms with Gasteiger partial charge in [-0.2, -0.15) is 0 Å². The first-order chi connectivity index (χ1) is 34.5. The summed E-state index contributed by atoms with van der Waals surface area (Å²) in [6.07, 6.45) is 0. The second kappa shape index (κ2) is 19.4. The molecule has 11 rings (SSSR count). The van der Waals surface area contributed by atoms with Crippen molar-refractivity contribution in [2.45, 2.75) is 0 Å². The average molecular weight is 926 g/mol. The molecule has 0 aliphatic rings. The van der Waals surface area contributed by atoms with Gasteiger partial charge in [-0.1, -0.05) is 60.7 Å². The molecule has 10 heteroatoms. The van der Waals surface area contributed by atoms with Crippen LogP contribution in [0.5, 0.6) is 28.7 Å². The maximum absolute atomic E-state index is 5.98. The first kappa shape index (κ1) is 44.8. The quantitative estimate of drug-likeness (QED) is 0.0463. The van der Waals surface area contributed by atoms with Crippen LogP contribution in [0.2, 0.25) is 0 Å². The summed E-state index contributed by atoms with van der Waals surface area (Å²) in [5, 5.41) is 11.9. The van der Waals surface area contributed by atoms with E-state index in [1.165, 1.54) is 26.9 Å². The molecule has 350 valence electrons. The summed E-state index contributed by atoms with van der Waals surface area (Å²) in [4.78, 5) is 0. The first-order valence-corrected chi connectivity index (χ1v) is 24.0. The van der Waals surface area contributed by atoms with Gasteiger partial charge in [-0.25, -0.2) is 0 Å². The number of benzene rings is 10. The molecule has 70 heavy (non-hydrogen) atoms. The Morgan fingerprint density at radius 2 is 0.386 bits per heavy atom. The van der Waals surface area contributed by atoms with Crippen molar-refractivity contribution in [2.75, 3.05) is 65.8 Å². The van der Waals surface area contributed by atoms with Gasteiger partial charge in [0, 0.05) is 32.7 Å². The van der Waals surface area contributed by atoms with Crippen LogP contribution in [0.4, 0.5) is 0 Å². The van der Waals surface area contributed by atoms with Crippen molar-refractivity contribution in [3.05, 3.63) is 152 Å². The van der Waals surface area contributed by atoms with E-state index in [1.807, 2.05) is 60.7 Å². The smallest absolute Gasteiger partial charge is 0.119 e. The van der Waals surface area contributed by atoms with Crippen LogP contribution >= 0.6 is 0 Å². The third-order valence-corrected chi connectivity index (χ3v) is 13.3. The highest BCUT2D eigenvalue weighted by atomic mass is 16.5. The van der Waals surface area contributed by atoms with Crippen molar-refractivity contribution in [1.82, 2.24) is 0 Å².